The second-order valence-corrected chi connectivity index (χ2v) is 6.16. The smallest absolute Gasteiger partial charge is 0.267 e. The summed E-state index contributed by atoms with van der Waals surface area (Å²) in [7, 11) is -2.38. The highest BCUT2D eigenvalue weighted by Crippen LogP contribution is 2.31. The van der Waals surface area contributed by atoms with Crippen LogP contribution in [0.4, 0.5) is 5.69 Å². The molecule has 0 unspecified atom stereocenters. The Kier molecular flexibility index (Phi) is 3.92. The lowest BCUT2D eigenvalue weighted by Crippen LogP contribution is -2.15. The average molecular weight is 317 g/mol. The van der Waals surface area contributed by atoms with E-state index in [4.69, 9.17) is 20.9 Å². The molecule has 108 valence electrons. The number of nitrogens with one attached hydrogen (secondary N) is 1. The van der Waals surface area contributed by atoms with Gasteiger partial charge in [-0.1, -0.05) is 16.8 Å². The first kappa shape index (κ1) is 14.7. The zero-order valence-electron chi connectivity index (χ0n) is 11.1. The van der Waals surface area contributed by atoms with Crippen LogP contribution in [0.25, 0.3) is 0 Å². The molecule has 1 N–H and O–H groups in total. The van der Waals surface area contributed by atoms with E-state index in [-0.39, 0.29) is 22.0 Å². The Bertz CT molecular complexity index is 720. The maximum atomic E-state index is 12.4. The number of aromatic nitrogens is 1. The average Bonchev–Trinajstić information content (AvgIpc) is 2.69. The van der Waals surface area contributed by atoms with E-state index in [1.165, 1.54) is 20.1 Å². The standard InChI is InChI=1S/C12H13ClN2O4S/c1-7-12(8(2)19-14-7)20(16,17)15-10-6-9(13)4-5-11(10)18-3/h4-6,15H,1-3H3. The third kappa shape index (κ3) is 2.73. The number of hydrogen-bond acceptors (Lipinski definition) is 5. The van der Waals surface area contributed by atoms with Gasteiger partial charge < -0.3 is 9.26 Å². The van der Waals surface area contributed by atoms with Gasteiger partial charge in [0.1, 0.15) is 11.4 Å². The predicted molar refractivity (Wildman–Crippen MR) is 74.8 cm³/mol. The van der Waals surface area contributed by atoms with Crippen LogP contribution in [0.5, 0.6) is 5.75 Å². The SMILES string of the molecule is COc1ccc(Cl)cc1NS(=O)(=O)c1c(C)noc1C. The van der Waals surface area contributed by atoms with Crippen molar-refractivity contribution in [2.75, 3.05) is 11.8 Å². The highest BCUT2D eigenvalue weighted by molar-refractivity contribution is 7.92. The van der Waals surface area contributed by atoms with Crippen molar-refractivity contribution in [3.8, 4) is 5.75 Å². The van der Waals surface area contributed by atoms with Gasteiger partial charge in [-0.05, 0) is 32.0 Å². The molecule has 2 aromatic rings. The molecular weight excluding hydrogens is 304 g/mol. The van der Waals surface area contributed by atoms with Crippen LogP contribution in [0.2, 0.25) is 5.02 Å². The number of aryl methyl sites for hydroxylation is 2. The number of rotatable bonds is 4. The fourth-order valence-corrected chi connectivity index (χ4v) is 3.38. The molecule has 8 heteroatoms. The summed E-state index contributed by atoms with van der Waals surface area (Å²) in [6, 6.07) is 4.65. The van der Waals surface area contributed by atoms with Crippen molar-refractivity contribution in [3.63, 3.8) is 0 Å². The van der Waals surface area contributed by atoms with Crippen molar-refractivity contribution in [2.24, 2.45) is 0 Å². The van der Waals surface area contributed by atoms with E-state index in [9.17, 15) is 8.42 Å². The van der Waals surface area contributed by atoms with E-state index in [2.05, 4.69) is 9.88 Å². The molecule has 0 spiro atoms. The number of anilines is 1. The van der Waals surface area contributed by atoms with E-state index >= 15 is 0 Å². The molecule has 0 aliphatic carbocycles. The molecule has 0 bridgehead atoms. The topological polar surface area (TPSA) is 81.4 Å². The van der Waals surface area contributed by atoms with Crippen molar-refractivity contribution >= 4 is 27.3 Å². The van der Waals surface area contributed by atoms with Crippen molar-refractivity contribution in [3.05, 3.63) is 34.7 Å². The molecule has 0 fully saturated rings. The molecule has 0 saturated carbocycles. The Balaban J connectivity index is 2.46. The Morgan fingerprint density at radius 2 is 2.05 bits per heavy atom. The van der Waals surface area contributed by atoms with E-state index < -0.39 is 10.0 Å². The minimum absolute atomic E-state index is 0.0135. The Morgan fingerprint density at radius 3 is 2.60 bits per heavy atom. The zero-order valence-corrected chi connectivity index (χ0v) is 12.7. The molecule has 0 aliphatic heterocycles. The van der Waals surface area contributed by atoms with Crippen LogP contribution in [0.1, 0.15) is 11.5 Å². The number of hydrogen-bond donors (Lipinski definition) is 1. The first-order chi connectivity index (χ1) is 9.35. The summed E-state index contributed by atoms with van der Waals surface area (Å²) in [6.07, 6.45) is 0. The van der Waals surface area contributed by atoms with Gasteiger partial charge in [-0.25, -0.2) is 8.42 Å². The van der Waals surface area contributed by atoms with E-state index in [0.717, 1.165) is 0 Å². The highest BCUT2D eigenvalue weighted by atomic mass is 35.5. The van der Waals surface area contributed by atoms with Crippen molar-refractivity contribution < 1.29 is 17.7 Å². The number of ether oxygens (including phenoxy) is 1. The number of nitrogens with zero attached hydrogens (tertiary/aromatic N) is 1. The van der Waals surface area contributed by atoms with Crippen LogP contribution in [0.3, 0.4) is 0 Å². The summed E-state index contributed by atoms with van der Waals surface area (Å²) in [5, 5.41) is 4.02. The first-order valence-corrected chi connectivity index (χ1v) is 7.50. The Hall–Kier alpha value is -1.73. The Labute approximate surface area is 121 Å². The predicted octanol–water partition coefficient (Wildman–Crippen LogP) is 2.75. The maximum Gasteiger partial charge on any atom is 0.267 e. The van der Waals surface area contributed by atoms with Crippen LogP contribution in [-0.2, 0) is 10.0 Å². The number of sulfonamides is 1. The van der Waals surface area contributed by atoms with E-state index in [0.29, 0.717) is 10.8 Å². The van der Waals surface area contributed by atoms with E-state index in [1.54, 1.807) is 19.1 Å². The molecule has 1 heterocycles. The van der Waals surface area contributed by atoms with E-state index in [1.807, 2.05) is 0 Å². The molecule has 0 saturated heterocycles. The highest BCUT2D eigenvalue weighted by Gasteiger charge is 2.25. The summed E-state index contributed by atoms with van der Waals surface area (Å²) in [6.45, 7) is 3.09. The minimum atomic E-state index is -3.83. The summed E-state index contributed by atoms with van der Waals surface area (Å²) < 4.78 is 37.1. The van der Waals surface area contributed by atoms with Crippen LogP contribution < -0.4 is 9.46 Å². The van der Waals surface area contributed by atoms with Gasteiger partial charge in [0.2, 0.25) is 0 Å². The second kappa shape index (κ2) is 5.34. The van der Waals surface area contributed by atoms with Gasteiger partial charge in [0.25, 0.3) is 10.0 Å². The van der Waals surface area contributed by atoms with Crippen molar-refractivity contribution in [1.29, 1.82) is 0 Å². The van der Waals surface area contributed by atoms with Crippen LogP contribution in [0.15, 0.2) is 27.6 Å². The monoisotopic (exact) mass is 316 g/mol. The third-order valence-electron chi connectivity index (χ3n) is 2.64. The van der Waals surface area contributed by atoms with Crippen LogP contribution in [-0.4, -0.2) is 20.7 Å². The summed E-state index contributed by atoms with van der Waals surface area (Å²) in [5.41, 5.74) is 0.538. The summed E-state index contributed by atoms with van der Waals surface area (Å²) in [5.74, 6) is 0.584. The molecule has 0 aliphatic rings. The second-order valence-electron chi connectivity index (χ2n) is 4.10. The molecule has 0 atom stereocenters. The lowest BCUT2D eigenvalue weighted by atomic mass is 10.3. The quantitative estimate of drug-likeness (QED) is 0.938. The largest absolute Gasteiger partial charge is 0.495 e. The van der Waals surface area contributed by atoms with Gasteiger partial charge in [0.05, 0.1) is 12.8 Å². The van der Waals surface area contributed by atoms with Crippen molar-refractivity contribution in [1.82, 2.24) is 5.16 Å². The number of benzene rings is 1. The van der Waals surface area contributed by atoms with Crippen molar-refractivity contribution in [2.45, 2.75) is 18.7 Å². The van der Waals surface area contributed by atoms with Gasteiger partial charge in [-0.15, -0.1) is 0 Å². The summed E-state index contributed by atoms with van der Waals surface area (Å²) in [4.78, 5) is 0.0135. The van der Waals surface area contributed by atoms with Gasteiger partial charge in [0, 0.05) is 5.02 Å². The Morgan fingerprint density at radius 1 is 1.35 bits per heavy atom. The lowest BCUT2D eigenvalue weighted by molar-refractivity contribution is 0.390. The lowest BCUT2D eigenvalue weighted by Gasteiger charge is -2.11. The number of methoxy groups -OCH3 is 1. The molecule has 2 rings (SSSR count). The first-order valence-electron chi connectivity index (χ1n) is 5.64. The maximum absolute atomic E-state index is 12.4. The summed E-state index contributed by atoms with van der Waals surface area (Å²) >= 11 is 5.87. The molecule has 0 radical (unpaired) electrons. The fourth-order valence-electron chi connectivity index (χ4n) is 1.81. The molecule has 1 aromatic carbocycles. The normalized spacial score (nSPS) is 11.4. The molecule has 20 heavy (non-hydrogen) atoms. The van der Waals surface area contributed by atoms with Crippen LogP contribution in [0, 0.1) is 13.8 Å². The third-order valence-corrected chi connectivity index (χ3v) is 4.49. The van der Waals surface area contributed by atoms with Gasteiger partial charge in [0.15, 0.2) is 10.7 Å². The fraction of sp³-hybridized carbons (Fsp3) is 0.250. The zero-order chi connectivity index (χ0) is 14.9. The van der Waals surface area contributed by atoms with Gasteiger partial charge >= 0.3 is 0 Å². The molecular formula is C12H13ClN2O4S. The molecule has 6 nitrogen and oxygen atoms in total. The number of halogens is 1. The van der Waals surface area contributed by atoms with Gasteiger partial charge in [-0.3, -0.25) is 4.72 Å². The van der Waals surface area contributed by atoms with Crippen LogP contribution >= 0.6 is 11.6 Å². The minimum Gasteiger partial charge on any atom is -0.495 e. The molecule has 0 amide bonds. The van der Waals surface area contributed by atoms with Gasteiger partial charge in [-0.2, -0.15) is 0 Å². The molecule has 1 aromatic heterocycles.